The van der Waals surface area contributed by atoms with Crippen LogP contribution in [0, 0.1) is 5.92 Å². The van der Waals surface area contributed by atoms with E-state index in [1.165, 1.54) is 5.56 Å². The van der Waals surface area contributed by atoms with Crippen molar-refractivity contribution in [3.63, 3.8) is 0 Å². The molecule has 2 aromatic carbocycles. The van der Waals surface area contributed by atoms with Crippen molar-refractivity contribution in [3.05, 3.63) is 88.8 Å². The number of rotatable bonds is 5. The highest BCUT2D eigenvalue weighted by Crippen LogP contribution is 2.61. The van der Waals surface area contributed by atoms with E-state index in [1.807, 2.05) is 38.4 Å². The van der Waals surface area contributed by atoms with Crippen molar-refractivity contribution in [2.24, 2.45) is 5.92 Å². The van der Waals surface area contributed by atoms with Crippen LogP contribution in [0.2, 0.25) is 5.02 Å². The van der Waals surface area contributed by atoms with E-state index in [0.717, 1.165) is 11.3 Å². The van der Waals surface area contributed by atoms with Gasteiger partial charge < -0.3 is 9.32 Å². The maximum atomic E-state index is 12.9. The van der Waals surface area contributed by atoms with Crippen LogP contribution in [0.1, 0.15) is 33.5 Å². The van der Waals surface area contributed by atoms with Gasteiger partial charge in [-0.15, -0.1) is 0 Å². The molecule has 1 heterocycles. The topological polar surface area (TPSA) is 33.5 Å². The molecular weight excluding hydrogens is 346 g/mol. The van der Waals surface area contributed by atoms with Crippen LogP contribution in [-0.2, 0) is 0 Å². The van der Waals surface area contributed by atoms with E-state index in [-0.39, 0.29) is 23.5 Å². The van der Waals surface area contributed by atoms with Crippen LogP contribution in [0.4, 0.5) is 5.69 Å². The maximum Gasteiger partial charge on any atom is 0.202 e. The average molecular weight is 366 g/mol. The van der Waals surface area contributed by atoms with Gasteiger partial charge in [0.15, 0.2) is 5.76 Å². The Bertz CT molecular complexity index is 898. The first-order chi connectivity index (χ1) is 12.6. The summed E-state index contributed by atoms with van der Waals surface area (Å²) in [6.45, 7) is 0. The molecule has 0 amide bonds. The quantitative estimate of drug-likeness (QED) is 0.569. The smallest absolute Gasteiger partial charge is 0.202 e. The molecule has 1 aromatic heterocycles. The Balaban J connectivity index is 1.67. The molecule has 0 saturated heterocycles. The summed E-state index contributed by atoms with van der Waals surface area (Å²) in [5.41, 5.74) is 3.47. The predicted octanol–water partition coefficient (Wildman–Crippen LogP) is 5.38. The fraction of sp³-hybridized carbons (Fsp3) is 0.227. The molecule has 132 valence electrons. The minimum absolute atomic E-state index is 0.0663. The maximum absolute atomic E-state index is 12.9. The molecule has 3 atom stereocenters. The van der Waals surface area contributed by atoms with Gasteiger partial charge in [0.25, 0.3) is 0 Å². The lowest BCUT2D eigenvalue weighted by Gasteiger charge is -2.12. The van der Waals surface area contributed by atoms with Crippen LogP contribution in [-0.4, -0.2) is 19.9 Å². The van der Waals surface area contributed by atoms with Gasteiger partial charge in [-0.2, -0.15) is 0 Å². The normalized spacial score (nSPS) is 21.4. The molecule has 0 unspecified atom stereocenters. The third kappa shape index (κ3) is 3.04. The van der Waals surface area contributed by atoms with Crippen LogP contribution in [0.5, 0.6) is 0 Å². The zero-order chi connectivity index (χ0) is 18.3. The fourth-order valence-corrected chi connectivity index (χ4v) is 3.86. The van der Waals surface area contributed by atoms with Crippen molar-refractivity contribution >= 4 is 23.1 Å². The summed E-state index contributed by atoms with van der Waals surface area (Å²) < 4.78 is 5.36. The van der Waals surface area contributed by atoms with Crippen LogP contribution in [0.15, 0.2) is 71.3 Å². The second kappa shape index (κ2) is 6.65. The Morgan fingerprint density at radius 1 is 0.923 bits per heavy atom. The van der Waals surface area contributed by atoms with Gasteiger partial charge in [-0.25, -0.2) is 0 Å². The lowest BCUT2D eigenvalue weighted by Crippen LogP contribution is -2.08. The highest BCUT2D eigenvalue weighted by atomic mass is 35.5. The third-order valence-corrected chi connectivity index (χ3v) is 5.39. The number of hydrogen-bond acceptors (Lipinski definition) is 3. The molecule has 3 aromatic rings. The van der Waals surface area contributed by atoms with E-state index < -0.39 is 0 Å². The summed E-state index contributed by atoms with van der Waals surface area (Å²) in [7, 11) is 4.04. The van der Waals surface area contributed by atoms with E-state index in [1.54, 1.807) is 18.4 Å². The van der Waals surface area contributed by atoms with Crippen LogP contribution >= 0.6 is 11.6 Å². The van der Waals surface area contributed by atoms with Gasteiger partial charge in [0.05, 0.1) is 6.26 Å². The lowest BCUT2D eigenvalue weighted by molar-refractivity contribution is 0.0935. The van der Waals surface area contributed by atoms with E-state index in [9.17, 15) is 4.79 Å². The number of anilines is 1. The van der Waals surface area contributed by atoms with E-state index in [0.29, 0.717) is 10.8 Å². The van der Waals surface area contributed by atoms with Crippen molar-refractivity contribution < 1.29 is 9.21 Å². The molecule has 1 aliphatic carbocycles. The minimum Gasteiger partial charge on any atom is -0.461 e. The number of benzene rings is 2. The highest BCUT2D eigenvalue weighted by molar-refractivity contribution is 6.30. The molecule has 0 bridgehead atoms. The molecule has 1 fully saturated rings. The molecule has 1 aliphatic rings. The second-order valence-electron chi connectivity index (χ2n) is 6.96. The van der Waals surface area contributed by atoms with E-state index in [2.05, 4.69) is 29.2 Å². The zero-order valence-electron chi connectivity index (χ0n) is 14.7. The lowest BCUT2D eigenvalue weighted by atomic mass is 10.0. The Labute approximate surface area is 158 Å². The van der Waals surface area contributed by atoms with E-state index in [4.69, 9.17) is 16.0 Å². The molecular formula is C22H20ClNO2. The average Bonchev–Trinajstić information content (AvgIpc) is 3.13. The minimum atomic E-state index is -0.104. The first-order valence-electron chi connectivity index (χ1n) is 8.67. The van der Waals surface area contributed by atoms with Gasteiger partial charge in [-0.3, -0.25) is 4.79 Å². The van der Waals surface area contributed by atoms with Gasteiger partial charge >= 0.3 is 0 Å². The summed E-state index contributed by atoms with van der Waals surface area (Å²) in [5.74, 6) is 0.700. The summed E-state index contributed by atoms with van der Waals surface area (Å²) in [5, 5.41) is 0.704. The number of ketones is 1. The van der Waals surface area contributed by atoms with Crippen molar-refractivity contribution in [2.45, 2.75) is 11.8 Å². The molecule has 0 N–H and O–H groups in total. The predicted molar refractivity (Wildman–Crippen MR) is 104 cm³/mol. The van der Waals surface area contributed by atoms with E-state index >= 15 is 0 Å². The number of nitrogens with zero attached hydrogens (tertiary/aromatic N) is 1. The highest BCUT2D eigenvalue weighted by Gasteiger charge is 2.56. The first kappa shape index (κ1) is 16.9. The van der Waals surface area contributed by atoms with Gasteiger partial charge in [0.1, 0.15) is 0 Å². The Hall–Kier alpha value is -2.52. The Morgan fingerprint density at radius 2 is 1.50 bits per heavy atom. The van der Waals surface area contributed by atoms with Gasteiger partial charge in [0.2, 0.25) is 5.78 Å². The fourth-order valence-electron chi connectivity index (χ4n) is 3.73. The van der Waals surface area contributed by atoms with Crippen molar-refractivity contribution in [1.82, 2.24) is 0 Å². The monoisotopic (exact) mass is 365 g/mol. The molecule has 4 heteroatoms. The summed E-state index contributed by atoms with van der Waals surface area (Å²) in [6.07, 6.45) is 1.55. The zero-order valence-corrected chi connectivity index (χ0v) is 15.5. The Morgan fingerprint density at radius 3 is 2.00 bits per heavy atom. The van der Waals surface area contributed by atoms with Gasteiger partial charge in [-0.05, 0) is 47.5 Å². The molecule has 1 saturated carbocycles. The molecule has 0 radical (unpaired) electrons. The number of carbonyl (C=O) groups is 1. The number of halogens is 1. The Kier molecular flexibility index (Phi) is 4.33. The summed E-state index contributed by atoms with van der Waals surface area (Å²) in [4.78, 5) is 15.0. The molecule has 3 nitrogen and oxygen atoms in total. The molecule has 4 rings (SSSR count). The molecule has 0 spiro atoms. The molecule has 0 aliphatic heterocycles. The SMILES string of the molecule is CN(C)c1ccc([C@H]2[C@H](C(=O)c3ccco3)[C@@H]2c2ccc(Cl)cc2)cc1. The van der Waals surface area contributed by atoms with Gasteiger partial charge in [-0.1, -0.05) is 35.9 Å². The van der Waals surface area contributed by atoms with Crippen molar-refractivity contribution in [2.75, 3.05) is 19.0 Å². The van der Waals surface area contributed by atoms with Gasteiger partial charge in [0, 0.05) is 42.6 Å². The van der Waals surface area contributed by atoms with Crippen LogP contribution in [0.3, 0.4) is 0 Å². The summed E-state index contributed by atoms with van der Waals surface area (Å²) >= 11 is 6.03. The standard InChI is InChI=1S/C22H20ClNO2/c1-24(2)17-11-7-15(8-12-17)20-19(14-5-9-16(23)10-6-14)21(20)22(25)18-4-3-13-26-18/h3-13,19-21H,1-2H3/t19-,20-,21-/m1/s1. The second-order valence-corrected chi connectivity index (χ2v) is 7.39. The third-order valence-electron chi connectivity index (χ3n) is 5.14. The molecule has 26 heavy (non-hydrogen) atoms. The van der Waals surface area contributed by atoms with Crippen LogP contribution < -0.4 is 4.90 Å². The summed E-state index contributed by atoms with van der Waals surface area (Å²) in [6, 6.07) is 19.7. The first-order valence-corrected chi connectivity index (χ1v) is 9.04. The number of Topliss-reactive ketones (excluding diaryl/α,β-unsaturated/α-hetero) is 1. The number of hydrogen-bond donors (Lipinski definition) is 0. The largest absolute Gasteiger partial charge is 0.461 e. The van der Waals surface area contributed by atoms with Crippen LogP contribution in [0.25, 0.3) is 0 Å². The van der Waals surface area contributed by atoms with Crippen molar-refractivity contribution in [1.29, 1.82) is 0 Å². The number of furan rings is 1. The van der Waals surface area contributed by atoms with Crippen molar-refractivity contribution in [3.8, 4) is 0 Å². The number of carbonyl (C=O) groups excluding carboxylic acids is 1.